The Morgan fingerprint density at radius 3 is 2.03 bits per heavy atom. The van der Waals surface area contributed by atoms with Gasteiger partial charge in [0.2, 0.25) is 0 Å². The second-order valence-corrected chi connectivity index (χ2v) is 20.3. The summed E-state index contributed by atoms with van der Waals surface area (Å²) < 4.78 is 62.9. The van der Waals surface area contributed by atoms with Gasteiger partial charge in [-0.25, -0.2) is 16.8 Å². The van der Waals surface area contributed by atoms with Crippen molar-refractivity contribution in [2.24, 2.45) is 0 Å². The Bertz CT molecular complexity index is 2680. The van der Waals surface area contributed by atoms with E-state index in [2.05, 4.69) is 30.8 Å². The lowest BCUT2D eigenvalue weighted by Gasteiger charge is -2.23. The molecule has 0 radical (unpaired) electrons. The number of aliphatic hydroxyl groups excluding tert-OH is 1. The van der Waals surface area contributed by atoms with Crippen molar-refractivity contribution in [1.29, 1.82) is 0 Å². The van der Waals surface area contributed by atoms with Gasteiger partial charge in [-0.3, -0.25) is 15.1 Å². The van der Waals surface area contributed by atoms with Crippen molar-refractivity contribution in [2.75, 3.05) is 31.0 Å². The van der Waals surface area contributed by atoms with E-state index < -0.39 is 29.7 Å². The van der Waals surface area contributed by atoms with Gasteiger partial charge in [-0.1, -0.05) is 19.1 Å². The van der Waals surface area contributed by atoms with E-state index in [-0.39, 0.29) is 17.3 Å². The minimum atomic E-state index is -3.63. The number of fused-ring (bicyclic) bond motifs is 2. The third-order valence-corrected chi connectivity index (χ3v) is 15.5. The molecule has 1 saturated heterocycles. The van der Waals surface area contributed by atoms with E-state index in [4.69, 9.17) is 9.47 Å². The number of nitrogens with zero attached hydrogens (tertiary/aromatic N) is 3. The molecule has 0 bridgehead atoms. The number of pyridine rings is 2. The van der Waals surface area contributed by atoms with Crippen LogP contribution in [0, 0.1) is 20.8 Å². The predicted octanol–water partition coefficient (Wildman–Crippen LogP) is 8.19. The zero-order valence-electron chi connectivity index (χ0n) is 34.2. The number of rotatable bonds is 10. The van der Waals surface area contributed by atoms with Crippen molar-refractivity contribution >= 4 is 64.4 Å². The van der Waals surface area contributed by atoms with Crippen LogP contribution in [0.4, 0.5) is 22.9 Å². The number of anilines is 4. The molecule has 0 unspecified atom stereocenters. The van der Waals surface area contributed by atoms with Gasteiger partial charge in [0.25, 0.3) is 0 Å². The summed E-state index contributed by atoms with van der Waals surface area (Å²) >= 11 is 0. The average molecular weight is 829 g/mol. The Morgan fingerprint density at radius 1 is 0.845 bits per heavy atom. The standard InChI is InChI=1S/C22H26N2O4S.C21H26N4O3S/c1-14-6-7-15(13-25)10-18(14)24-17-8-9-23-19-12-20(28-5)21(11-16(17)19)29(26,27)22(2,3)4;1-4-15-11-19-17(12-20(15)29(26,27)16-6-9-28-10-7-16)18(5-8-22-19)23-21-13(2)14(3)24-25-21/h6-12,25H,13H2,1-5H3,(H,23,24);5,8,11-12,16H,4,6-7,9-10H2,1-3H3,(H2,22,23,24,25). The lowest BCUT2D eigenvalue weighted by Crippen LogP contribution is -2.29. The number of aromatic nitrogens is 4. The predicted molar refractivity (Wildman–Crippen MR) is 229 cm³/mol. The Balaban J connectivity index is 0.000000196. The van der Waals surface area contributed by atoms with Gasteiger partial charge >= 0.3 is 0 Å². The molecule has 0 amide bonds. The number of H-pyrrole nitrogens is 1. The summed E-state index contributed by atoms with van der Waals surface area (Å²) in [5.74, 6) is 0.999. The van der Waals surface area contributed by atoms with E-state index in [1.165, 1.54) is 7.11 Å². The first-order valence-corrected chi connectivity index (χ1v) is 22.2. The second kappa shape index (κ2) is 17.0. The van der Waals surface area contributed by atoms with Gasteiger partial charge in [-0.15, -0.1) is 0 Å². The number of methoxy groups -OCH3 is 1. The highest BCUT2D eigenvalue weighted by Crippen LogP contribution is 2.38. The van der Waals surface area contributed by atoms with Gasteiger partial charge < -0.3 is 25.2 Å². The van der Waals surface area contributed by atoms with Crippen LogP contribution in [0.25, 0.3) is 21.8 Å². The minimum Gasteiger partial charge on any atom is -0.495 e. The highest BCUT2D eigenvalue weighted by Gasteiger charge is 2.34. The van der Waals surface area contributed by atoms with E-state index in [0.29, 0.717) is 48.3 Å². The minimum absolute atomic E-state index is 0.0583. The summed E-state index contributed by atoms with van der Waals surface area (Å²) in [6.45, 7) is 13.8. The number of hydrogen-bond acceptors (Lipinski definition) is 12. The highest BCUT2D eigenvalue weighted by molar-refractivity contribution is 7.93. The summed E-state index contributed by atoms with van der Waals surface area (Å²) in [5.41, 5.74) is 8.34. The quantitative estimate of drug-likeness (QED) is 0.104. The van der Waals surface area contributed by atoms with Crippen molar-refractivity contribution < 1.29 is 31.4 Å². The molecule has 1 fully saturated rings. The van der Waals surface area contributed by atoms with Crippen LogP contribution in [0.1, 0.15) is 68.5 Å². The fourth-order valence-electron chi connectivity index (χ4n) is 6.78. The first-order chi connectivity index (χ1) is 27.5. The highest BCUT2D eigenvalue weighted by atomic mass is 32.2. The molecule has 3 aromatic heterocycles. The SMILES string of the molecule is CCc1cc2nccc(Nc3n[nH]c(C)c3C)c2cc1S(=O)(=O)C1CCOCC1.COc1cc2nccc(Nc3cc(CO)ccc3C)c2cc1S(=O)(=O)C(C)(C)C. The smallest absolute Gasteiger partial charge is 0.186 e. The number of benzene rings is 3. The van der Waals surface area contributed by atoms with Crippen LogP contribution >= 0.6 is 0 Å². The summed E-state index contributed by atoms with van der Waals surface area (Å²) in [6.07, 6.45) is 5.09. The number of hydrogen-bond donors (Lipinski definition) is 4. The molecule has 15 heteroatoms. The molecule has 1 aliphatic rings. The molecular formula is C43H52N6O7S2. The van der Waals surface area contributed by atoms with E-state index >= 15 is 0 Å². The van der Waals surface area contributed by atoms with E-state index in [9.17, 15) is 21.9 Å². The zero-order chi connectivity index (χ0) is 42.0. The normalized spacial score (nSPS) is 13.9. The molecule has 6 aromatic rings. The largest absolute Gasteiger partial charge is 0.495 e. The fourth-order valence-corrected chi connectivity index (χ4v) is 10.1. The Labute approximate surface area is 340 Å². The average Bonchev–Trinajstić information content (AvgIpc) is 3.53. The summed E-state index contributed by atoms with van der Waals surface area (Å²) in [7, 11) is -5.63. The Kier molecular flexibility index (Phi) is 12.5. The van der Waals surface area contributed by atoms with Crippen molar-refractivity contribution in [2.45, 2.75) is 94.1 Å². The van der Waals surface area contributed by atoms with E-state index in [1.807, 2.05) is 58.0 Å². The molecule has 7 rings (SSSR count). The van der Waals surface area contributed by atoms with Crippen LogP contribution < -0.4 is 15.4 Å². The number of sulfone groups is 2. The number of nitrogens with one attached hydrogen (secondary N) is 3. The molecule has 4 heterocycles. The molecule has 0 atom stereocenters. The molecule has 4 N–H and O–H groups in total. The van der Waals surface area contributed by atoms with Crippen LogP contribution in [0.2, 0.25) is 0 Å². The van der Waals surface area contributed by atoms with E-state index in [0.717, 1.165) is 61.7 Å². The molecule has 0 spiro atoms. The zero-order valence-corrected chi connectivity index (χ0v) is 35.9. The Hall–Kier alpha value is -5.09. The first-order valence-electron chi connectivity index (χ1n) is 19.2. The van der Waals surface area contributed by atoms with Crippen LogP contribution in [0.5, 0.6) is 5.75 Å². The lowest BCUT2D eigenvalue weighted by atomic mass is 10.1. The fraction of sp³-hybridized carbons (Fsp3) is 0.372. The van der Waals surface area contributed by atoms with Gasteiger partial charge in [-0.2, -0.15) is 5.10 Å². The van der Waals surface area contributed by atoms with Gasteiger partial charge in [0, 0.05) is 65.1 Å². The van der Waals surface area contributed by atoms with Gasteiger partial charge in [0.15, 0.2) is 25.5 Å². The van der Waals surface area contributed by atoms with Crippen molar-refractivity contribution in [1.82, 2.24) is 20.2 Å². The van der Waals surface area contributed by atoms with Crippen LogP contribution in [0.3, 0.4) is 0 Å². The van der Waals surface area contributed by atoms with Crippen molar-refractivity contribution in [3.05, 3.63) is 94.9 Å². The van der Waals surface area contributed by atoms with Gasteiger partial charge in [0.05, 0.1) is 45.3 Å². The maximum atomic E-state index is 13.4. The lowest BCUT2D eigenvalue weighted by molar-refractivity contribution is 0.0983. The number of ether oxygens (including phenoxy) is 2. The summed E-state index contributed by atoms with van der Waals surface area (Å²) in [5, 5.41) is 24.4. The molecule has 3 aromatic carbocycles. The maximum Gasteiger partial charge on any atom is 0.186 e. The summed E-state index contributed by atoms with van der Waals surface area (Å²) in [6, 6.07) is 16.3. The molecule has 13 nitrogen and oxygen atoms in total. The molecule has 58 heavy (non-hydrogen) atoms. The topological polar surface area (TPSA) is 185 Å². The van der Waals surface area contributed by atoms with E-state index in [1.54, 1.807) is 57.4 Å². The van der Waals surface area contributed by atoms with Crippen LogP contribution in [0.15, 0.2) is 76.8 Å². The van der Waals surface area contributed by atoms with Crippen molar-refractivity contribution in [3.63, 3.8) is 0 Å². The third-order valence-electron chi connectivity index (χ3n) is 10.6. The maximum absolute atomic E-state index is 13.4. The first kappa shape index (κ1) is 42.5. The molecule has 0 saturated carbocycles. The number of aryl methyl sites for hydroxylation is 3. The van der Waals surface area contributed by atoms with Crippen LogP contribution in [-0.4, -0.2) is 72.4 Å². The Morgan fingerprint density at radius 2 is 1.47 bits per heavy atom. The summed E-state index contributed by atoms with van der Waals surface area (Å²) in [4.78, 5) is 9.39. The monoisotopic (exact) mass is 828 g/mol. The molecule has 0 aliphatic carbocycles. The van der Waals surface area contributed by atoms with Gasteiger partial charge in [0.1, 0.15) is 10.6 Å². The molecule has 308 valence electrons. The van der Waals surface area contributed by atoms with Gasteiger partial charge in [-0.05, 0) is 114 Å². The van der Waals surface area contributed by atoms with Crippen molar-refractivity contribution in [3.8, 4) is 5.75 Å². The van der Waals surface area contributed by atoms with Crippen LogP contribution in [-0.2, 0) is 37.4 Å². The third kappa shape index (κ3) is 8.53. The second-order valence-electron chi connectivity index (χ2n) is 15.4. The number of aliphatic hydroxyl groups is 1. The number of aromatic amines is 1. The molecule has 1 aliphatic heterocycles. The molecular weight excluding hydrogens is 777 g/mol.